The van der Waals surface area contributed by atoms with E-state index in [2.05, 4.69) is 5.43 Å². The molecule has 0 saturated carbocycles. The van der Waals surface area contributed by atoms with Gasteiger partial charge in [-0.05, 0) is 18.6 Å². The number of carboxylic acid groups (broad SMARTS) is 1. The number of benzene rings is 1. The van der Waals surface area contributed by atoms with Gasteiger partial charge in [0.2, 0.25) is 5.43 Å². The van der Waals surface area contributed by atoms with Crippen LogP contribution in [0.25, 0.3) is 10.9 Å². The average molecular weight is 299 g/mol. The lowest BCUT2D eigenvalue weighted by molar-refractivity contribution is 0.0693. The van der Waals surface area contributed by atoms with Gasteiger partial charge in [-0.1, -0.05) is 18.5 Å². The van der Waals surface area contributed by atoms with E-state index in [1.54, 1.807) is 14.0 Å². The normalized spacial score (nSPS) is 10.8. The first kappa shape index (κ1) is 14.3. The molecule has 2 aromatic rings. The van der Waals surface area contributed by atoms with E-state index in [0.717, 1.165) is 6.07 Å². The highest BCUT2D eigenvalue weighted by molar-refractivity contribution is 6.31. The molecule has 0 aliphatic rings. The number of fused-ring (bicyclic) bond motifs is 1. The van der Waals surface area contributed by atoms with Crippen LogP contribution in [0.4, 0.5) is 4.39 Å². The summed E-state index contributed by atoms with van der Waals surface area (Å²) in [7, 11) is 1.58. The Kier molecular flexibility index (Phi) is 3.67. The van der Waals surface area contributed by atoms with E-state index < -0.39 is 17.2 Å². The smallest absolute Gasteiger partial charge is 0.341 e. The molecule has 20 heavy (non-hydrogen) atoms. The minimum Gasteiger partial charge on any atom is -0.477 e. The third-order valence-corrected chi connectivity index (χ3v) is 3.37. The van der Waals surface area contributed by atoms with Crippen molar-refractivity contribution in [2.75, 3.05) is 12.5 Å². The van der Waals surface area contributed by atoms with Crippen LogP contribution in [0.5, 0.6) is 0 Å². The predicted molar refractivity (Wildman–Crippen MR) is 74.8 cm³/mol. The van der Waals surface area contributed by atoms with Crippen LogP contribution >= 0.6 is 11.6 Å². The zero-order chi connectivity index (χ0) is 15.0. The Morgan fingerprint density at radius 2 is 2.15 bits per heavy atom. The summed E-state index contributed by atoms with van der Waals surface area (Å²) in [5, 5.41) is 9.06. The quantitative estimate of drug-likeness (QED) is 0.911. The van der Waals surface area contributed by atoms with Crippen molar-refractivity contribution in [1.29, 1.82) is 0 Å². The maximum absolute atomic E-state index is 13.5. The second-order valence-corrected chi connectivity index (χ2v) is 4.56. The van der Waals surface area contributed by atoms with E-state index in [1.165, 1.54) is 10.7 Å². The number of aromatic nitrogens is 1. The van der Waals surface area contributed by atoms with Gasteiger partial charge < -0.3 is 10.5 Å². The summed E-state index contributed by atoms with van der Waals surface area (Å²) >= 11 is 5.73. The largest absolute Gasteiger partial charge is 0.477 e. The second kappa shape index (κ2) is 5.13. The van der Waals surface area contributed by atoms with Gasteiger partial charge in [-0.2, -0.15) is 0 Å². The fourth-order valence-corrected chi connectivity index (χ4v) is 2.39. The molecule has 0 aliphatic carbocycles. The van der Waals surface area contributed by atoms with Crippen LogP contribution in [0.1, 0.15) is 23.0 Å². The van der Waals surface area contributed by atoms with Gasteiger partial charge in [-0.3, -0.25) is 9.47 Å². The van der Waals surface area contributed by atoms with Crippen molar-refractivity contribution in [3.8, 4) is 0 Å². The minimum absolute atomic E-state index is 0.0316. The van der Waals surface area contributed by atoms with Crippen molar-refractivity contribution in [2.45, 2.75) is 13.3 Å². The predicted octanol–water partition coefficient (Wildman–Crippen LogP) is 2.23. The highest BCUT2D eigenvalue weighted by Gasteiger charge is 2.21. The van der Waals surface area contributed by atoms with Crippen molar-refractivity contribution in [1.82, 2.24) is 4.68 Å². The average Bonchev–Trinajstić information content (AvgIpc) is 2.40. The summed E-state index contributed by atoms with van der Waals surface area (Å²) in [6.07, 6.45) is 0.322. The molecule has 0 aliphatic heterocycles. The Morgan fingerprint density at radius 1 is 1.50 bits per heavy atom. The van der Waals surface area contributed by atoms with E-state index in [0.29, 0.717) is 17.6 Å². The molecule has 2 rings (SSSR count). The molecule has 7 heteroatoms. The molecule has 0 atom stereocenters. The Labute approximate surface area is 118 Å². The van der Waals surface area contributed by atoms with E-state index in [9.17, 15) is 19.1 Å². The number of nitrogens with one attached hydrogen (secondary N) is 1. The number of hydrogen-bond donors (Lipinski definition) is 2. The van der Waals surface area contributed by atoms with Crippen molar-refractivity contribution in [2.24, 2.45) is 0 Å². The fourth-order valence-electron chi connectivity index (χ4n) is 2.24. The Morgan fingerprint density at radius 3 is 2.65 bits per heavy atom. The Bertz CT molecular complexity index is 771. The number of pyridine rings is 1. The fraction of sp³-hybridized carbons (Fsp3) is 0.231. The highest BCUT2D eigenvalue weighted by atomic mass is 35.5. The van der Waals surface area contributed by atoms with Gasteiger partial charge in [-0.15, -0.1) is 0 Å². The van der Waals surface area contributed by atoms with Gasteiger partial charge >= 0.3 is 5.97 Å². The molecule has 0 bridgehead atoms. The molecular formula is C13H12ClFN2O3. The third-order valence-electron chi connectivity index (χ3n) is 3.08. The Hall–Kier alpha value is -2.08. The van der Waals surface area contributed by atoms with E-state index in [1.807, 2.05) is 0 Å². The first-order chi connectivity index (χ1) is 9.42. The van der Waals surface area contributed by atoms with Crippen LogP contribution in [0.3, 0.4) is 0 Å². The van der Waals surface area contributed by atoms with Gasteiger partial charge in [0.05, 0.1) is 21.6 Å². The molecule has 0 saturated heterocycles. The Balaban J connectivity index is 3.10. The van der Waals surface area contributed by atoms with Gasteiger partial charge in [-0.25, -0.2) is 9.18 Å². The monoisotopic (exact) mass is 298 g/mol. The van der Waals surface area contributed by atoms with Crippen LogP contribution in [0, 0.1) is 5.82 Å². The number of aromatic carboxylic acids is 1. The summed E-state index contributed by atoms with van der Waals surface area (Å²) in [6.45, 7) is 1.73. The number of carboxylic acids is 1. The first-order valence-electron chi connectivity index (χ1n) is 5.90. The minimum atomic E-state index is -1.34. The number of hydrogen-bond acceptors (Lipinski definition) is 3. The van der Waals surface area contributed by atoms with Gasteiger partial charge in [0.1, 0.15) is 11.4 Å². The summed E-state index contributed by atoms with van der Waals surface area (Å²) in [5.74, 6) is -2.10. The third kappa shape index (κ3) is 2.02. The molecule has 106 valence electrons. The summed E-state index contributed by atoms with van der Waals surface area (Å²) in [5.41, 5.74) is 2.36. The molecule has 0 unspecified atom stereocenters. The number of rotatable bonds is 3. The maximum atomic E-state index is 13.5. The van der Waals surface area contributed by atoms with Crippen molar-refractivity contribution in [3.05, 3.63) is 44.5 Å². The lowest BCUT2D eigenvalue weighted by Gasteiger charge is -2.17. The molecule has 1 aromatic heterocycles. The second-order valence-electron chi connectivity index (χ2n) is 4.15. The van der Waals surface area contributed by atoms with Crippen LogP contribution in [0.2, 0.25) is 5.02 Å². The molecule has 1 heterocycles. The maximum Gasteiger partial charge on any atom is 0.341 e. The van der Waals surface area contributed by atoms with Crippen molar-refractivity contribution in [3.63, 3.8) is 0 Å². The number of nitrogens with zero attached hydrogens (tertiary/aromatic N) is 1. The molecule has 0 radical (unpaired) electrons. The van der Waals surface area contributed by atoms with Crippen molar-refractivity contribution >= 4 is 28.5 Å². The van der Waals surface area contributed by atoms with E-state index in [4.69, 9.17) is 11.6 Å². The molecule has 1 aromatic carbocycles. The summed E-state index contributed by atoms with van der Waals surface area (Å²) in [6, 6.07) is 2.26. The number of carbonyl (C=O) groups is 1. The SMILES string of the molecule is CCc1c(C(=O)O)c(=O)c2cc(F)c(Cl)cc2n1NC. The molecular weight excluding hydrogens is 287 g/mol. The topological polar surface area (TPSA) is 71.3 Å². The molecule has 0 spiro atoms. The van der Waals surface area contributed by atoms with E-state index >= 15 is 0 Å². The molecule has 0 fully saturated rings. The zero-order valence-corrected chi connectivity index (χ0v) is 11.6. The van der Waals surface area contributed by atoms with Crippen molar-refractivity contribution < 1.29 is 14.3 Å². The van der Waals surface area contributed by atoms with Gasteiger partial charge in [0.15, 0.2) is 0 Å². The lowest BCUT2D eigenvalue weighted by atomic mass is 10.1. The van der Waals surface area contributed by atoms with Gasteiger partial charge in [0, 0.05) is 7.05 Å². The first-order valence-corrected chi connectivity index (χ1v) is 6.27. The molecule has 0 amide bonds. The summed E-state index contributed by atoms with van der Waals surface area (Å²) in [4.78, 5) is 23.6. The standard InChI is InChI=1S/C13H12ClFN2O3/c1-3-9-11(13(19)20)12(18)6-4-8(15)7(14)5-10(6)17(9)16-2/h4-5,16H,3H2,1-2H3,(H,19,20). The van der Waals surface area contributed by atoms with E-state index in [-0.39, 0.29) is 16.0 Å². The zero-order valence-electron chi connectivity index (χ0n) is 10.8. The summed E-state index contributed by atoms with van der Waals surface area (Å²) < 4.78 is 15.0. The van der Waals surface area contributed by atoms with Crippen LogP contribution in [0.15, 0.2) is 16.9 Å². The molecule has 2 N–H and O–H groups in total. The number of halogens is 2. The lowest BCUT2D eigenvalue weighted by Crippen LogP contribution is -2.27. The van der Waals surface area contributed by atoms with Crippen LogP contribution in [-0.2, 0) is 6.42 Å². The molecule has 5 nitrogen and oxygen atoms in total. The van der Waals surface area contributed by atoms with Gasteiger partial charge in [0.25, 0.3) is 0 Å². The highest BCUT2D eigenvalue weighted by Crippen LogP contribution is 2.23. The van der Waals surface area contributed by atoms with Crippen LogP contribution in [-0.4, -0.2) is 22.8 Å². The van der Waals surface area contributed by atoms with Crippen LogP contribution < -0.4 is 10.9 Å².